The fourth-order valence-corrected chi connectivity index (χ4v) is 3.25. The maximum atomic E-state index is 11.0. The zero-order valence-corrected chi connectivity index (χ0v) is 10.3. The zero-order chi connectivity index (χ0) is 12.8. The van der Waals surface area contributed by atoms with E-state index in [4.69, 9.17) is 10.5 Å². The summed E-state index contributed by atoms with van der Waals surface area (Å²) in [5, 5.41) is 20.3. The van der Waals surface area contributed by atoms with Crippen molar-refractivity contribution in [2.24, 2.45) is 5.73 Å². The number of hydrogen-bond acceptors (Lipinski definition) is 6. The van der Waals surface area contributed by atoms with E-state index in [0.29, 0.717) is 31.9 Å². The molecule has 98 valence electrons. The van der Waals surface area contributed by atoms with Crippen LogP contribution in [0.5, 0.6) is 0 Å². The topological polar surface area (TPSA) is 85.8 Å². The van der Waals surface area contributed by atoms with Crippen LogP contribution in [-0.4, -0.2) is 59.6 Å². The Balaban J connectivity index is 1.95. The number of nitriles is 1. The molecule has 0 saturated carbocycles. The third-order valence-corrected chi connectivity index (χ3v) is 4.15. The van der Waals surface area contributed by atoms with Crippen LogP contribution in [0, 0.1) is 11.3 Å². The fraction of sp³-hybridized carbons (Fsp3) is 0.750. The highest BCUT2D eigenvalue weighted by atomic mass is 16.5. The second-order valence-corrected chi connectivity index (χ2v) is 4.99. The molecule has 0 bridgehead atoms. The molecule has 3 aliphatic rings. The highest BCUT2D eigenvalue weighted by Crippen LogP contribution is 2.42. The van der Waals surface area contributed by atoms with Gasteiger partial charge in [0.1, 0.15) is 6.04 Å². The monoisotopic (exact) mass is 250 g/mol. The number of rotatable bonds is 1. The molecule has 0 aromatic rings. The van der Waals surface area contributed by atoms with Gasteiger partial charge in [-0.05, 0) is 12.8 Å². The van der Waals surface area contributed by atoms with Crippen molar-refractivity contribution in [1.29, 1.82) is 5.26 Å². The molecule has 2 unspecified atom stereocenters. The van der Waals surface area contributed by atoms with Crippen LogP contribution in [0.3, 0.4) is 0 Å². The first-order chi connectivity index (χ1) is 8.69. The maximum Gasteiger partial charge on any atom is 0.218 e. The summed E-state index contributed by atoms with van der Waals surface area (Å²) in [4.78, 5) is 3.86. The summed E-state index contributed by atoms with van der Waals surface area (Å²) < 4.78 is 5.31. The first-order valence-corrected chi connectivity index (χ1v) is 6.41. The highest BCUT2D eigenvalue weighted by Gasteiger charge is 2.55. The quantitative estimate of drug-likeness (QED) is 0.632. The van der Waals surface area contributed by atoms with Gasteiger partial charge < -0.3 is 20.5 Å². The molecule has 0 aromatic heterocycles. The van der Waals surface area contributed by atoms with Crippen LogP contribution < -0.4 is 5.73 Å². The zero-order valence-electron chi connectivity index (χ0n) is 10.3. The van der Waals surface area contributed by atoms with Crippen molar-refractivity contribution >= 4 is 0 Å². The lowest BCUT2D eigenvalue weighted by molar-refractivity contribution is -0.214. The van der Waals surface area contributed by atoms with Crippen LogP contribution in [0.4, 0.5) is 0 Å². The van der Waals surface area contributed by atoms with Crippen LogP contribution in [0.15, 0.2) is 11.3 Å². The van der Waals surface area contributed by atoms with Crippen LogP contribution in [0.2, 0.25) is 0 Å². The molecule has 18 heavy (non-hydrogen) atoms. The first kappa shape index (κ1) is 11.9. The summed E-state index contributed by atoms with van der Waals surface area (Å²) in [6, 6.07) is 1.53. The van der Waals surface area contributed by atoms with Gasteiger partial charge in [0.15, 0.2) is 0 Å². The normalized spacial score (nSPS) is 36.9. The van der Waals surface area contributed by atoms with Crippen molar-refractivity contribution in [1.82, 2.24) is 9.80 Å². The second-order valence-electron chi connectivity index (χ2n) is 4.99. The van der Waals surface area contributed by atoms with Gasteiger partial charge in [-0.3, -0.25) is 4.90 Å². The third kappa shape index (κ3) is 1.42. The summed E-state index contributed by atoms with van der Waals surface area (Å²) in [6.07, 6.45) is 1.81. The lowest BCUT2D eigenvalue weighted by atomic mass is 10.0. The van der Waals surface area contributed by atoms with E-state index < -0.39 is 11.9 Å². The largest absolute Gasteiger partial charge is 0.379 e. The van der Waals surface area contributed by atoms with E-state index in [2.05, 4.69) is 6.07 Å². The minimum Gasteiger partial charge on any atom is -0.379 e. The Morgan fingerprint density at radius 1 is 1.39 bits per heavy atom. The van der Waals surface area contributed by atoms with Crippen molar-refractivity contribution in [2.45, 2.75) is 24.7 Å². The molecule has 2 atom stereocenters. The van der Waals surface area contributed by atoms with Crippen LogP contribution in [0.1, 0.15) is 12.8 Å². The second kappa shape index (κ2) is 4.21. The predicted octanol–water partition coefficient (Wildman–Crippen LogP) is -0.821. The maximum absolute atomic E-state index is 11.0. The van der Waals surface area contributed by atoms with Gasteiger partial charge in [-0.1, -0.05) is 0 Å². The van der Waals surface area contributed by atoms with Crippen LogP contribution >= 0.6 is 0 Å². The molecule has 6 heteroatoms. The van der Waals surface area contributed by atoms with Gasteiger partial charge in [-0.15, -0.1) is 0 Å². The first-order valence-electron chi connectivity index (χ1n) is 6.41. The van der Waals surface area contributed by atoms with Gasteiger partial charge >= 0.3 is 0 Å². The van der Waals surface area contributed by atoms with E-state index in [-0.39, 0.29) is 0 Å². The smallest absolute Gasteiger partial charge is 0.218 e. The van der Waals surface area contributed by atoms with Crippen molar-refractivity contribution in [3.63, 3.8) is 0 Å². The Labute approximate surface area is 106 Å². The molecular formula is C12H18N4O2. The Morgan fingerprint density at radius 2 is 2.11 bits per heavy atom. The van der Waals surface area contributed by atoms with E-state index in [1.807, 2.05) is 9.80 Å². The lowest BCUT2D eigenvalue weighted by Crippen LogP contribution is -2.67. The van der Waals surface area contributed by atoms with E-state index in [0.717, 1.165) is 25.1 Å². The molecular weight excluding hydrogens is 232 g/mol. The number of hydrogen-bond donors (Lipinski definition) is 2. The number of nitrogens with zero attached hydrogens (tertiary/aromatic N) is 3. The average molecular weight is 250 g/mol. The molecule has 0 radical (unpaired) electrons. The molecule has 3 rings (SSSR count). The molecule has 2 fully saturated rings. The number of morpholine rings is 1. The third-order valence-electron chi connectivity index (χ3n) is 4.15. The SMILES string of the molecule is N#CC1=C2CCCN2C(O)(N2CCOCC2)C1N. The molecule has 3 aliphatic heterocycles. The minimum absolute atomic E-state index is 0.543. The van der Waals surface area contributed by atoms with Gasteiger partial charge in [0, 0.05) is 25.3 Å². The number of nitrogens with two attached hydrogens (primary N) is 1. The van der Waals surface area contributed by atoms with Gasteiger partial charge in [0.25, 0.3) is 0 Å². The standard InChI is InChI=1S/C12H18N4O2/c13-8-9-10-2-1-3-16(10)12(17,11(9)14)15-4-6-18-7-5-15/h11,17H,1-7,14H2. The number of ether oxygens (including phenoxy) is 1. The summed E-state index contributed by atoms with van der Waals surface area (Å²) >= 11 is 0. The lowest BCUT2D eigenvalue weighted by Gasteiger charge is -2.46. The Hall–Kier alpha value is -1.13. The molecule has 3 heterocycles. The molecule has 0 spiro atoms. The van der Waals surface area contributed by atoms with Crippen LogP contribution in [0.25, 0.3) is 0 Å². The van der Waals surface area contributed by atoms with Crippen molar-refractivity contribution in [2.75, 3.05) is 32.8 Å². The molecule has 3 N–H and O–H groups in total. The molecule has 0 aliphatic carbocycles. The Bertz CT molecular complexity index is 424. The van der Waals surface area contributed by atoms with E-state index in [9.17, 15) is 10.4 Å². The fourth-order valence-electron chi connectivity index (χ4n) is 3.25. The Kier molecular flexibility index (Phi) is 2.79. The molecule has 2 saturated heterocycles. The summed E-state index contributed by atoms with van der Waals surface area (Å²) in [7, 11) is 0. The van der Waals surface area contributed by atoms with E-state index >= 15 is 0 Å². The number of fused-ring (bicyclic) bond motifs is 1. The minimum atomic E-state index is -1.24. The number of allylic oxidation sites excluding steroid dienone is 1. The Morgan fingerprint density at radius 3 is 2.78 bits per heavy atom. The van der Waals surface area contributed by atoms with Gasteiger partial charge in [-0.25, -0.2) is 0 Å². The van der Waals surface area contributed by atoms with Gasteiger partial charge in [0.2, 0.25) is 5.85 Å². The van der Waals surface area contributed by atoms with E-state index in [1.165, 1.54) is 0 Å². The molecule has 0 aromatic carbocycles. The molecule has 6 nitrogen and oxygen atoms in total. The van der Waals surface area contributed by atoms with Gasteiger partial charge in [-0.2, -0.15) is 5.26 Å². The summed E-state index contributed by atoms with van der Waals surface area (Å²) in [5.41, 5.74) is 7.61. The van der Waals surface area contributed by atoms with Gasteiger partial charge in [0.05, 0.1) is 24.9 Å². The van der Waals surface area contributed by atoms with Crippen LogP contribution in [-0.2, 0) is 4.74 Å². The molecule has 0 amide bonds. The average Bonchev–Trinajstić information content (AvgIpc) is 2.95. The van der Waals surface area contributed by atoms with E-state index in [1.54, 1.807) is 0 Å². The summed E-state index contributed by atoms with van der Waals surface area (Å²) in [5.74, 6) is -1.24. The summed E-state index contributed by atoms with van der Waals surface area (Å²) in [6.45, 7) is 3.25. The van der Waals surface area contributed by atoms with Crippen molar-refractivity contribution < 1.29 is 9.84 Å². The predicted molar refractivity (Wildman–Crippen MR) is 63.9 cm³/mol. The van der Waals surface area contributed by atoms with Crippen molar-refractivity contribution in [3.8, 4) is 6.07 Å². The van der Waals surface area contributed by atoms with Crippen molar-refractivity contribution in [3.05, 3.63) is 11.3 Å². The number of aliphatic hydroxyl groups is 1. The highest BCUT2D eigenvalue weighted by molar-refractivity contribution is 5.41.